The number of nitrogens with one attached hydrogen (secondary N) is 2. The first-order chi connectivity index (χ1) is 16.6. The van der Waals surface area contributed by atoms with Gasteiger partial charge in [-0.25, -0.2) is 8.42 Å². The Morgan fingerprint density at radius 1 is 0.943 bits per heavy atom. The number of sulfone groups is 1. The molecule has 8 heteroatoms. The Kier molecular flexibility index (Phi) is 6.16. The van der Waals surface area contributed by atoms with Crippen molar-refractivity contribution in [3.8, 4) is 0 Å². The Morgan fingerprint density at radius 3 is 2.20 bits per heavy atom. The molecule has 0 radical (unpaired) electrons. The van der Waals surface area contributed by atoms with Crippen LogP contribution in [0.2, 0.25) is 10.0 Å². The highest BCUT2D eigenvalue weighted by molar-refractivity contribution is 7.91. The number of aromatic amines is 1. The molecule has 1 aliphatic rings. The largest absolute Gasteiger partial charge is 0.349 e. The fraction of sp³-hybridized carbons (Fsp3) is 0.222. The summed E-state index contributed by atoms with van der Waals surface area (Å²) in [5.74, 6) is -0.189. The van der Waals surface area contributed by atoms with Crippen LogP contribution in [0.3, 0.4) is 0 Å². The van der Waals surface area contributed by atoms with Crippen molar-refractivity contribution in [2.75, 3.05) is 0 Å². The van der Waals surface area contributed by atoms with Crippen molar-refractivity contribution in [2.24, 2.45) is 5.92 Å². The molecule has 5 rings (SSSR count). The molecule has 0 saturated heterocycles. The van der Waals surface area contributed by atoms with Crippen molar-refractivity contribution in [2.45, 2.75) is 42.5 Å². The lowest BCUT2D eigenvalue weighted by atomic mass is 10.0. The first-order valence-corrected chi connectivity index (χ1v) is 13.6. The molecule has 0 aliphatic heterocycles. The molecular weight excluding hydrogens is 503 g/mol. The van der Waals surface area contributed by atoms with Crippen molar-refractivity contribution in [3.05, 3.63) is 93.1 Å². The highest BCUT2D eigenvalue weighted by atomic mass is 35.5. The quantitative estimate of drug-likeness (QED) is 0.289. The van der Waals surface area contributed by atoms with Gasteiger partial charge >= 0.3 is 0 Å². The molecule has 0 spiro atoms. The summed E-state index contributed by atoms with van der Waals surface area (Å²) in [6.07, 6.45) is 1.98. The zero-order valence-electron chi connectivity index (χ0n) is 19.2. The third-order valence-electron chi connectivity index (χ3n) is 6.32. The van der Waals surface area contributed by atoms with Gasteiger partial charge in [0.25, 0.3) is 5.91 Å². The maximum absolute atomic E-state index is 13.9. The fourth-order valence-electron chi connectivity index (χ4n) is 4.57. The standard InChI is InChI=1S/C27H24Cl2N2O3S/c1-15-11-16(2)13-21(12-15)35(33,34)26-22-14-20(29)9-10-23(22)30-25(26)27(32)31-24(17-3-4-17)18-5-7-19(28)8-6-18/h5-14,17,24,30H,3-4H2,1-2H3,(H,31,32). The van der Waals surface area contributed by atoms with E-state index >= 15 is 0 Å². The van der Waals surface area contributed by atoms with Crippen LogP contribution in [0.25, 0.3) is 10.9 Å². The Morgan fingerprint density at radius 2 is 1.57 bits per heavy atom. The van der Waals surface area contributed by atoms with Gasteiger partial charge in [-0.3, -0.25) is 4.79 Å². The third-order valence-corrected chi connectivity index (χ3v) is 8.63. The molecule has 35 heavy (non-hydrogen) atoms. The number of fused-ring (bicyclic) bond motifs is 1. The van der Waals surface area contributed by atoms with Crippen LogP contribution < -0.4 is 5.32 Å². The number of hydrogen-bond donors (Lipinski definition) is 2. The van der Waals surface area contributed by atoms with Gasteiger partial charge in [0.05, 0.1) is 10.9 Å². The molecule has 3 aromatic carbocycles. The average Bonchev–Trinajstić information content (AvgIpc) is 3.56. The molecule has 1 amide bonds. The minimum atomic E-state index is -4.04. The number of amides is 1. The van der Waals surface area contributed by atoms with E-state index < -0.39 is 15.7 Å². The monoisotopic (exact) mass is 526 g/mol. The number of hydrogen-bond acceptors (Lipinski definition) is 3. The number of carbonyl (C=O) groups is 1. The SMILES string of the molecule is Cc1cc(C)cc(S(=O)(=O)c2c(C(=O)NC(c3ccc(Cl)cc3)C3CC3)[nH]c3ccc(Cl)cc23)c1. The van der Waals surface area contributed by atoms with Gasteiger partial charge in [0.2, 0.25) is 9.84 Å². The normalized spacial score (nSPS) is 14.7. The summed E-state index contributed by atoms with van der Waals surface area (Å²) in [6.45, 7) is 3.69. The van der Waals surface area contributed by atoms with Crippen molar-refractivity contribution in [1.29, 1.82) is 0 Å². The second-order valence-electron chi connectivity index (χ2n) is 9.19. The maximum atomic E-state index is 13.9. The second kappa shape index (κ2) is 9.01. The first-order valence-electron chi connectivity index (χ1n) is 11.3. The molecule has 1 unspecified atom stereocenters. The molecule has 2 N–H and O–H groups in total. The maximum Gasteiger partial charge on any atom is 0.269 e. The average molecular weight is 527 g/mol. The highest BCUT2D eigenvalue weighted by Crippen LogP contribution is 2.42. The Bertz CT molecular complexity index is 1540. The number of aryl methyl sites for hydroxylation is 2. The molecule has 1 fully saturated rings. The lowest BCUT2D eigenvalue weighted by molar-refractivity contribution is 0.0924. The minimum Gasteiger partial charge on any atom is -0.349 e. The fourth-order valence-corrected chi connectivity index (χ4v) is 6.66. The van der Waals surface area contributed by atoms with E-state index in [1.165, 1.54) is 0 Å². The lowest BCUT2D eigenvalue weighted by Crippen LogP contribution is -2.31. The van der Waals surface area contributed by atoms with Crippen LogP contribution in [-0.2, 0) is 9.84 Å². The molecule has 1 aromatic heterocycles. The van der Waals surface area contributed by atoms with Crippen LogP contribution in [0.4, 0.5) is 0 Å². The zero-order valence-corrected chi connectivity index (χ0v) is 21.6. The molecule has 4 aromatic rings. The van der Waals surface area contributed by atoms with E-state index in [0.29, 0.717) is 26.9 Å². The number of halogens is 2. The van der Waals surface area contributed by atoms with Gasteiger partial charge in [0.15, 0.2) is 0 Å². The summed E-state index contributed by atoms with van der Waals surface area (Å²) >= 11 is 12.3. The topological polar surface area (TPSA) is 79.0 Å². The highest BCUT2D eigenvalue weighted by Gasteiger charge is 2.36. The Balaban J connectivity index is 1.63. The van der Waals surface area contributed by atoms with E-state index in [-0.39, 0.29) is 21.5 Å². The molecule has 1 atom stereocenters. The Labute approximate surface area is 214 Å². The predicted molar refractivity (Wildman–Crippen MR) is 139 cm³/mol. The summed E-state index contributed by atoms with van der Waals surface area (Å²) in [6, 6.07) is 17.2. The number of rotatable bonds is 6. The summed E-state index contributed by atoms with van der Waals surface area (Å²) < 4.78 is 27.9. The zero-order chi connectivity index (χ0) is 24.9. The van der Waals surface area contributed by atoms with E-state index in [2.05, 4.69) is 10.3 Å². The van der Waals surface area contributed by atoms with Gasteiger partial charge in [-0.1, -0.05) is 41.4 Å². The van der Waals surface area contributed by atoms with E-state index in [9.17, 15) is 13.2 Å². The van der Waals surface area contributed by atoms with E-state index in [1.54, 1.807) is 42.5 Å². The predicted octanol–water partition coefficient (Wildman–Crippen LogP) is 6.81. The van der Waals surface area contributed by atoms with Gasteiger partial charge in [-0.05, 0) is 91.8 Å². The van der Waals surface area contributed by atoms with E-state index in [4.69, 9.17) is 23.2 Å². The van der Waals surface area contributed by atoms with Crippen molar-refractivity contribution < 1.29 is 13.2 Å². The molecule has 1 saturated carbocycles. The molecular formula is C27H24Cl2N2O3S. The number of carbonyl (C=O) groups excluding carboxylic acids is 1. The number of aromatic nitrogens is 1. The summed E-state index contributed by atoms with van der Waals surface area (Å²) in [7, 11) is -4.04. The summed E-state index contributed by atoms with van der Waals surface area (Å²) in [5, 5.41) is 4.47. The molecule has 180 valence electrons. The van der Waals surface area contributed by atoms with Gasteiger partial charge in [0.1, 0.15) is 10.6 Å². The van der Waals surface area contributed by atoms with Gasteiger partial charge in [0, 0.05) is 20.9 Å². The van der Waals surface area contributed by atoms with Gasteiger partial charge in [-0.2, -0.15) is 0 Å². The summed E-state index contributed by atoms with van der Waals surface area (Å²) in [5.41, 5.74) is 3.11. The van der Waals surface area contributed by atoms with Crippen LogP contribution in [0.15, 0.2) is 70.5 Å². The van der Waals surface area contributed by atoms with Crippen LogP contribution in [0.1, 0.15) is 46.1 Å². The smallest absolute Gasteiger partial charge is 0.269 e. The van der Waals surface area contributed by atoms with E-state index in [1.807, 2.05) is 32.0 Å². The van der Waals surface area contributed by atoms with Crippen LogP contribution in [0.5, 0.6) is 0 Å². The van der Waals surface area contributed by atoms with Crippen molar-refractivity contribution >= 4 is 49.8 Å². The van der Waals surface area contributed by atoms with Crippen LogP contribution in [0, 0.1) is 19.8 Å². The van der Waals surface area contributed by atoms with E-state index in [0.717, 1.165) is 29.5 Å². The molecule has 0 bridgehead atoms. The third kappa shape index (κ3) is 4.70. The van der Waals surface area contributed by atoms with Crippen LogP contribution in [-0.4, -0.2) is 19.3 Å². The minimum absolute atomic E-state index is 0.000962. The second-order valence-corrected chi connectivity index (χ2v) is 11.9. The molecule has 1 aliphatic carbocycles. The lowest BCUT2D eigenvalue weighted by Gasteiger charge is -2.19. The number of H-pyrrole nitrogens is 1. The molecule has 5 nitrogen and oxygen atoms in total. The molecule has 1 heterocycles. The van der Waals surface area contributed by atoms with Crippen LogP contribution >= 0.6 is 23.2 Å². The first kappa shape index (κ1) is 23.9. The van der Waals surface area contributed by atoms with Gasteiger partial charge in [-0.15, -0.1) is 0 Å². The van der Waals surface area contributed by atoms with Crippen molar-refractivity contribution in [1.82, 2.24) is 10.3 Å². The Hall–Kier alpha value is -2.80. The van der Waals surface area contributed by atoms with Crippen molar-refractivity contribution in [3.63, 3.8) is 0 Å². The summed E-state index contributed by atoms with van der Waals surface area (Å²) in [4.78, 5) is 16.8. The number of benzene rings is 3. The van der Waals surface area contributed by atoms with Gasteiger partial charge < -0.3 is 10.3 Å².